The molecule has 15 heavy (non-hydrogen) atoms. The average molecular weight is 226 g/mol. The van der Waals surface area contributed by atoms with Gasteiger partial charge in [0.25, 0.3) is 0 Å². The van der Waals surface area contributed by atoms with E-state index >= 15 is 0 Å². The summed E-state index contributed by atoms with van der Waals surface area (Å²) in [7, 11) is 0. The predicted octanol–water partition coefficient (Wildman–Crippen LogP) is 2.24. The summed E-state index contributed by atoms with van der Waals surface area (Å²) in [5.41, 5.74) is 0.560. The molecule has 0 aliphatic carbocycles. The molecule has 0 fully saturated rings. The van der Waals surface area contributed by atoms with Crippen LogP contribution in [0.5, 0.6) is 0 Å². The van der Waals surface area contributed by atoms with Gasteiger partial charge in [0, 0.05) is 11.6 Å². The van der Waals surface area contributed by atoms with Crippen molar-refractivity contribution < 1.29 is 5.11 Å². The lowest BCUT2D eigenvalue weighted by Crippen LogP contribution is -2.43. The van der Waals surface area contributed by atoms with E-state index in [1.165, 1.54) is 0 Å². The Hall–Kier alpha value is -0.830. The molecule has 1 rings (SSSR count). The van der Waals surface area contributed by atoms with Gasteiger partial charge in [0.05, 0.1) is 12.1 Å². The molecule has 0 radical (unpaired) electrons. The molecule has 0 spiro atoms. The van der Waals surface area contributed by atoms with Crippen LogP contribution in [0.1, 0.15) is 12.5 Å². The summed E-state index contributed by atoms with van der Waals surface area (Å²) in [6.45, 7) is 6.03. The Morgan fingerprint density at radius 1 is 1.47 bits per heavy atom. The van der Waals surface area contributed by atoms with Crippen LogP contribution >= 0.6 is 11.6 Å². The molecule has 0 saturated heterocycles. The van der Waals surface area contributed by atoms with E-state index in [-0.39, 0.29) is 6.61 Å². The molecule has 0 saturated carbocycles. The molecule has 82 valence electrons. The summed E-state index contributed by atoms with van der Waals surface area (Å²) in [6, 6.07) is 9.78. The third-order valence-corrected chi connectivity index (χ3v) is 2.53. The van der Waals surface area contributed by atoms with Crippen LogP contribution in [0.15, 0.2) is 41.9 Å². The summed E-state index contributed by atoms with van der Waals surface area (Å²) < 4.78 is 0. The van der Waals surface area contributed by atoms with Gasteiger partial charge in [0.2, 0.25) is 0 Å². The molecule has 0 bridgehead atoms. The highest BCUT2D eigenvalue weighted by Gasteiger charge is 2.24. The van der Waals surface area contributed by atoms with Gasteiger partial charge in [-0.2, -0.15) is 0 Å². The summed E-state index contributed by atoms with van der Waals surface area (Å²) >= 11 is 5.69. The number of aliphatic hydroxyl groups is 1. The largest absolute Gasteiger partial charge is 0.394 e. The van der Waals surface area contributed by atoms with Crippen molar-refractivity contribution in [3.05, 3.63) is 47.5 Å². The standard InChI is InChI=1S/C12H16ClNO/c1-10(13)8-14-12(2,9-15)11-6-4-3-5-7-11/h3-7,14-15H,1,8-9H2,2H3. The number of benzene rings is 1. The maximum atomic E-state index is 9.42. The van der Waals surface area contributed by atoms with Crippen LogP contribution in [0, 0.1) is 0 Å². The molecule has 2 nitrogen and oxygen atoms in total. The maximum absolute atomic E-state index is 9.42. The van der Waals surface area contributed by atoms with Crippen LogP contribution in [0.25, 0.3) is 0 Å². The molecular weight excluding hydrogens is 210 g/mol. The SMILES string of the molecule is C=C(Cl)CNC(C)(CO)c1ccccc1. The number of halogens is 1. The van der Waals surface area contributed by atoms with E-state index in [4.69, 9.17) is 11.6 Å². The van der Waals surface area contributed by atoms with Gasteiger partial charge in [-0.05, 0) is 12.5 Å². The van der Waals surface area contributed by atoms with E-state index in [9.17, 15) is 5.11 Å². The fourth-order valence-corrected chi connectivity index (χ4v) is 1.41. The Kier molecular flexibility index (Phi) is 4.33. The second kappa shape index (κ2) is 5.31. The first-order valence-corrected chi connectivity index (χ1v) is 5.21. The third-order valence-electron chi connectivity index (χ3n) is 2.40. The first kappa shape index (κ1) is 12.2. The van der Waals surface area contributed by atoms with E-state index in [1.54, 1.807) is 0 Å². The predicted molar refractivity (Wildman–Crippen MR) is 63.9 cm³/mol. The van der Waals surface area contributed by atoms with Gasteiger partial charge in [-0.3, -0.25) is 0 Å². The molecule has 1 aromatic rings. The Labute approximate surface area is 95.6 Å². The Morgan fingerprint density at radius 3 is 2.53 bits per heavy atom. The molecule has 3 heteroatoms. The van der Waals surface area contributed by atoms with Gasteiger partial charge in [-0.1, -0.05) is 48.5 Å². The van der Waals surface area contributed by atoms with Gasteiger partial charge in [0.15, 0.2) is 0 Å². The van der Waals surface area contributed by atoms with Crippen molar-refractivity contribution in [3.8, 4) is 0 Å². The minimum atomic E-state index is -0.473. The number of hydrogen-bond donors (Lipinski definition) is 2. The van der Waals surface area contributed by atoms with E-state index < -0.39 is 5.54 Å². The van der Waals surface area contributed by atoms with Crippen LogP contribution in [-0.4, -0.2) is 18.3 Å². The molecule has 0 amide bonds. The van der Waals surface area contributed by atoms with Crippen LogP contribution in [0.4, 0.5) is 0 Å². The van der Waals surface area contributed by atoms with Crippen LogP contribution in [0.2, 0.25) is 0 Å². The molecule has 0 aliphatic rings. The van der Waals surface area contributed by atoms with Gasteiger partial charge >= 0.3 is 0 Å². The smallest absolute Gasteiger partial charge is 0.0652 e. The highest BCUT2D eigenvalue weighted by atomic mass is 35.5. The van der Waals surface area contributed by atoms with Crippen LogP contribution in [0.3, 0.4) is 0 Å². The topological polar surface area (TPSA) is 32.3 Å². The Bertz CT molecular complexity index is 326. The fourth-order valence-electron chi connectivity index (χ4n) is 1.35. The first-order chi connectivity index (χ1) is 7.08. The lowest BCUT2D eigenvalue weighted by Gasteiger charge is -2.29. The second-order valence-corrected chi connectivity index (χ2v) is 4.26. The van der Waals surface area contributed by atoms with Crippen molar-refractivity contribution in [1.82, 2.24) is 5.32 Å². The Morgan fingerprint density at radius 2 is 2.07 bits per heavy atom. The second-order valence-electron chi connectivity index (χ2n) is 3.73. The number of rotatable bonds is 5. The zero-order valence-electron chi connectivity index (χ0n) is 8.83. The maximum Gasteiger partial charge on any atom is 0.0652 e. The lowest BCUT2D eigenvalue weighted by atomic mass is 9.93. The zero-order valence-corrected chi connectivity index (χ0v) is 9.59. The third kappa shape index (κ3) is 3.34. The summed E-state index contributed by atoms with van der Waals surface area (Å²) in [5.74, 6) is 0. The number of hydrogen-bond acceptors (Lipinski definition) is 2. The zero-order chi connectivity index (χ0) is 11.3. The summed E-state index contributed by atoms with van der Waals surface area (Å²) in [5, 5.41) is 13.1. The summed E-state index contributed by atoms with van der Waals surface area (Å²) in [4.78, 5) is 0. The normalized spacial score (nSPS) is 14.6. The molecule has 0 aromatic heterocycles. The number of aliphatic hydroxyl groups excluding tert-OH is 1. The van der Waals surface area contributed by atoms with Gasteiger partial charge in [-0.15, -0.1) is 0 Å². The van der Waals surface area contributed by atoms with E-state index in [1.807, 2.05) is 37.3 Å². The highest BCUT2D eigenvalue weighted by Crippen LogP contribution is 2.19. The highest BCUT2D eigenvalue weighted by molar-refractivity contribution is 6.29. The number of nitrogens with one attached hydrogen (secondary N) is 1. The average Bonchev–Trinajstić information content (AvgIpc) is 2.27. The van der Waals surface area contributed by atoms with E-state index in [0.717, 1.165) is 5.56 Å². The van der Waals surface area contributed by atoms with Crippen LogP contribution in [-0.2, 0) is 5.54 Å². The molecule has 1 aromatic carbocycles. The quantitative estimate of drug-likeness (QED) is 0.806. The van der Waals surface area contributed by atoms with Gasteiger partial charge in [0.1, 0.15) is 0 Å². The van der Waals surface area contributed by atoms with Crippen molar-refractivity contribution in [1.29, 1.82) is 0 Å². The van der Waals surface area contributed by atoms with Crippen LogP contribution < -0.4 is 5.32 Å². The minimum absolute atomic E-state index is 0.0151. The lowest BCUT2D eigenvalue weighted by molar-refractivity contribution is 0.179. The van der Waals surface area contributed by atoms with Crippen molar-refractivity contribution in [3.63, 3.8) is 0 Å². The van der Waals surface area contributed by atoms with Crippen molar-refractivity contribution >= 4 is 11.6 Å². The minimum Gasteiger partial charge on any atom is -0.394 e. The first-order valence-electron chi connectivity index (χ1n) is 4.83. The fraction of sp³-hybridized carbons (Fsp3) is 0.333. The molecule has 0 aliphatic heterocycles. The molecular formula is C12H16ClNO. The Balaban J connectivity index is 2.80. The van der Waals surface area contributed by atoms with E-state index in [2.05, 4.69) is 11.9 Å². The summed E-state index contributed by atoms with van der Waals surface area (Å²) in [6.07, 6.45) is 0. The van der Waals surface area contributed by atoms with E-state index in [0.29, 0.717) is 11.6 Å². The van der Waals surface area contributed by atoms with Gasteiger partial charge < -0.3 is 10.4 Å². The monoisotopic (exact) mass is 225 g/mol. The van der Waals surface area contributed by atoms with Crippen molar-refractivity contribution in [2.75, 3.05) is 13.2 Å². The molecule has 1 unspecified atom stereocenters. The van der Waals surface area contributed by atoms with Gasteiger partial charge in [-0.25, -0.2) is 0 Å². The molecule has 2 N–H and O–H groups in total. The van der Waals surface area contributed by atoms with Crippen molar-refractivity contribution in [2.45, 2.75) is 12.5 Å². The molecule has 1 atom stereocenters. The molecule has 0 heterocycles. The van der Waals surface area contributed by atoms with Crippen molar-refractivity contribution in [2.24, 2.45) is 0 Å².